The second-order valence-corrected chi connectivity index (χ2v) is 15.9. The van der Waals surface area contributed by atoms with Gasteiger partial charge in [-0.3, -0.25) is 14.4 Å². The lowest BCUT2D eigenvalue weighted by molar-refractivity contribution is -0.161. The number of hydrogen-bond donors (Lipinski definition) is 3. The van der Waals surface area contributed by atoms with Crippen LogP contribution >= 0.6 is 45.2 Å². The van der Waals surface area contributed by atoms with Crippen molar-refractivity contribution in [3.63, 3.8) is 0 Å². The van der Waals surface area contributed by atoms with Crippen LogP contribution in [-0.2, 0) is 36.2 Å². The maximum Gasteiger partial charge on any atom is 0.433 e. The van der Waals surface area contributed by atoms with E-state index in [1.54, 1.807) is 45.2 Å². The zero-order valence-corrected chi connectivity index (χ0v) is 36.6. The number of hydrogen-bond acceptors (Lipinski definition) is 12. The van der Waals surface area contributed by atoms with Crippen molar-refractivity contribution in [2.75, 3.05) is 12.4 Å². The van der Waals surface area contributed by atoms with Gasteiger partial charge in [-0.05, 0) is 97.1 Å². The van der Waals surface area contributed by atoms with E-state index in [-0.39, 0.29) is 50.8 Å². The molecule has 2 aromatic heterocycles. The fraction of sp³-hybridized carbons (Fsp3) is 0.278. The third-order valence-electron chi connectivity index (χ3n) is 7.78. The summed E-state index contributed by atoms with van der Waals surface area (Å²) in [6.07, 6.45) is -9.39. The summed E-state index contributed by atoms with van der Waals surface area (Å²) in [4.78, 5) is 98.1. The lowest BCUT2D eigenvalue weighted by atomic mass is 10.1. The van der Waals surface area contributed by atoms with Crippen LogP contribution in [0.4, 0.5) is 35.1 Å². The van der Waals surface area contributed by atoms with E-state index in [1.165, 1.54) is 38.8 Å². The van der Waals surface area contributed by atoms with Crippen molar-refractivity contribution in [3.8, 4) is 11.4 Å². The second kappa shape index (κ2) is 19.2. The summed E-state index contributed by atoms with van der Waals surface area (Å²) in [5.41, 5.74) is -15.2. The number of carboxylic acids is 1. The van der Waals surface area contributed by atoms with E-state index in [1.807, 2.05) is 0 Å². The molecule has 27 heteroatoms. The minimum atomic E-state index is -5.12. The number of rotatable bonds is 11. The highest BCUT2D eigenvalue weighted by atomic mass is 127. The van der Waals surface area contributed by atoms with E-state index in [0.717, 1.165) is 24.3 Å². The van der Waals surface area contributed by atoms with Gasteiger partial charge in [0, 0.05) is 19.3 Å². The Labute approximate surface area is 373 Å². The second-order valence-electron chi connectivity index (χ2n) is 13.6. The largest absolute Gasteiger partial charge is 0.481 e. The highest BCUT2D eigenvalue weighted by molar-refractivity contribution is 14.1. The van der Waals surface area contributed by atoms with Crippen LogP contribution in [0.3, 0.4) is 0 Å². The van der Waals surface area contributed by atoms with Crippen molar-refractivity contribution >= 4 is 69.1 Å². The maximum absolute atomic E-state index is 14.5. The molecule has 4 N–H and O–H groups in total. The van der Waals surface area contributed by atoms with Gasteiger partial charge in [-0.2, -0.15) is 26.3 Å². The molecule has 0 saturated heterocycles. The molecule has 0 bridgehead atoms. The van der Waals surface area contributed by atoms with Crippen LogP contribution in [0, 0.1) is 18.8 Å². The highest BCUT2D eigenvalue weighted by Gasteiger charge is 2.38. The molecule has 2 aromatic carbocycles. The van der Waals surface area contributed by atoms with Crippen molar-refractivity contribution < 1.29 is 73.6 Å². The molecular formula is C36H29F8I2N5O12. The molecular weight excluding hydrogens is 1100 g/mol. The standard InChI is InChI=1S/C19H15F4IN2O6.C17H14F4IN3O6/c1-4-5-31-16(29)18(2,3)32-15(28)9-6-12(10(20)7-11(9)24)26-14(27)8-13(19(21,22)23)25-17(26)30;1-16(2,6-13(27)28)31-14(29)7-3-10(8(18)4-9(7)22)24-12(26)5-11(17(19,20)21)25(23)15(24)30/h4,6-8H,1,5H2,2-3H3,(H,25,30);3-5H,6,23H2,1-2H3,(H,27,28). The molecule has 340 valence electrons. The molecule has 0 saturated carbocycles. The van der Waals surface area contributed by atoms with Gasteiger partial charge in [0.05, 0.1) is 28.9 Å². The SMILES string of the molecule is C=CCOC(=O)C(C)(C)OC(=O)c1cc(-n2c(=O)cc(C(F)(F)F)[nH]c2=O)c(F)cc1I.CC(C)(CC(=O)O)OC(=O)c1cc(-n2c(=O)cc(C(F)(F)F)n(N)c2=O)c(F)cc1I. The molecule has 4 aromatic rings. The summed E-state index contributed by atoms with van der Waals surface area (Å²) in [5.74, 6) is -1.63. The number of aromatic nitrogens is 4. The van der Waals surface area contributed by atoms with E-state index in [0.29, 0.717) is 0 Å². The molecule has 0 aliphatic rings. The third kappa shape index (κ3) is 12.4. The van der Waals surface area contributed by atoms with Gasteiger partial charge in [-0.1, -0.05) is 12.7 Å². The number of nitrogens with one attached hydrogen (secondary N) is 1. The van der Waals surface area contributed by atoms with Crippen LogP contribution in [0.25, 0.3) is 11.4 Å². The van der Waals surface area contributed by atoms with E-state index < -0.39 is 111 Å². The fourth-order valence-electron chi connectivity index (χ4n) is 4.95. The molecule has 0 fully saturated rings. The number of carboxylic acid groups (broad SMARTS) is 1. The molecule has 0 aliphatic carbocycles. The minimum absolute atomic E-state index is 0.00672. The molecule has 2 heterocycles. The van der Waals surface area contributed by atoms with Crippen LogP contribution < -0.4 is 28.3 Å². The van der Waals surface area contributed by atoms with Crippen LogP contribution in [0.2, 0.25) is 0 Å². The van der Waals surface area contributed by atoms with Gasteiger partial charge in [0.15, 0.2) is 5.69 Å². The molecule has 0 unspecified atom stereocenters. The van der Waals surface area contributed by atoms with Gasteiger partial charge in [0.1, 0.15) is 29.5 Å². The van der Waals surface area contributed by atoms with Crippen molar-refractivity contribution in [1.29, 1.82) is 0 Å². The number of ether oxygens (including phenoxy) is 3. The Morgan fingerprint density at radius 1 is 0.778 bits per heavy atom. The molecule has 0 radical (unpaired) electrons. The number of benzene rings is 2. The average Bonchev–Trinajstić information content (AvgIpc) is 3.11. The number of carbonyl (C=O) groups is 4. The summed E-state index contributed by atoms with van der Waals surface area (Å²) in [6.45, 7) is 8.32. The lowest BCUT2D eigenvalue weighted by Gasteiger charge is -2.23. The smallest absolute Gasteiger partial charge is 0.433 e. The first kappa shape index (κ1) is 51.5. The Morgan fingerprint density at radius 2 is 1.25 bits per heavy atom. The molecule has 63 heavy (non-hydrogen) atoms. The summed E-state index contributed by atoms with van der Waals surface area (Å²) in [5, 5.41) is 8.87. The number of aromatic amines is 1. The minimum Gasteiger partial charge on any atom is -0.481 e. The predicted octanol–water partition coefficient (Wildman–Crippen LogP) is 4.84. The number of halogens is 10. The average molecular weight is 1130 g/mol. The summed E-state index contributed by atoms with van der Waals surface area (Å²) < 4.78 is 121. The number of nitrogens with zero attached hydrogens (tertiary/aromatic N) is 3. The fourth-order valence-corrected chi connectivity index (χ4v) is 6.24. The van der Waals surface area contributed by atoms with E-state index in [4.69, 9.17) is 25.2 Å². The first-order valence-electron chi connectivity index (χ1n) is 16.8. The van der Waals surface area contributed by atoms with Crippen molar-refractivity contribution in [1.82, 2.24) is 18.8 Å². The number of alkyl halides is 6. The van der Waals surface area contributed by atoms with Gasteiger partial charge in [-0.15, -0.1) is 0 Å². The normalized spacial score (nSPS) is 11.8. The monoisotopic (exact) mass is 1130 g/mol. The number of aliphatic carboxylic acids is 1. The van der Waals surface area contributed by atoms with E-state index in [2.05, 4.69) is 6.58 Å². The zero-order valence-electron chi connectivity index (χ0n) is 32.3. The van der Waals surface area contributed by atoms with Crippen LogP contribution in [-0.4, -0.2) is 65.6 Å². The number of H-pyrrole nitrogens is 1. The summed E-state index contributed by atoms with van der Waals surface area (Å²) in [7, 11) is 0. The quantitative estimate of drug-likeness (QED) is 0.0456. The molecule has 4 rings (SSSR count). The Bertz CT molecular complexity index is 2730. The van der Waals surface area contributed by atoms with Crippen molar-refractivity contribution in [2.45, 2.75) is 57.7 Å². The number of carbonyl (C=O) groups excluding carboxylic acids is 3. The Morgan fingerprint density at radius 3 is 1.70 bits per heavy atom. The van der Waals surface area contributed by atoms with Crippen molar-refractivity contribution in [3.05, 3.63) is 132 Å². The molecule has 0 atom stereocenters. The first-order chi connectivity index (χ1) is 28.7. The third-order valence-corrected chi connectivity index (χ3v) is 9.56. The molecule has 0 aliphatic heterocycles. The lowest BCUT2D eigenvalue weighted by Crippen LogP contribution is -2.45. The van der Waals surface area contributed by atoms with Crippen molar-refractivity contribution in [2.24, 2.45) is 0 Å². The number of nitrogens with two attached hydrogens (primary N) is 1. The number of esters is 3. The van der Waals surface area contributed by atoms with Crippen LogP contribution in [0.1, 0.15) is 66.2 Å². The van der Waals surface area contributed by atoms with Gasteiger partial charge >= 0.3 is 47.6 Å². The maximum atomic E-state index is 14.5. The van der Waals surface area contributed by atoms with Crippen LogP contribution in [0.5, 0.6) is 0 Å². The molecule has 0 amide bonds. The van der Waals surface area contributed by atoms with E-state index >= 15 is 0 Å². The molecule has 0 spiro atoms. The summed E-state index contributed by atoms with van der Waals surface area (Å²) >= 11 is 3.12. The van der Waals surface area contributed by atoms with E-state index in [9.17, 15) is 73.5 Å². The number of nitrogen functional groups attached to an aromatic ring is 1. The van der Waals surface area contributed by atoms with Gasteiger partial charge in [0.25, 0.3) is 11.1 Å². The summed E-state index contributed by atoms with van der Waals surface area (Å²) in [6, 6.07) is 3.10. The van der Waals surface area contributed by atoms with Gasteiger partial charge in [0.2, 0.25) is 5.60 Å². The Balaban J connectivity index is 0.000000335. The Hall–Kier alpha value is -5.88. The molecule has 17 nitrogen and oxygen atoms in total. The van der Waals surface area contributed by atoms with Gasteiger partial charge < -0.3 is 30.1 Å². The predicted molar refractivity (Wildman–Crippen MR) is 217 cm³/mol. The van der Waals surface area contributed by atoms with Gasteiger partial charge in [-0.25, -0.2) is 46.6 Å². The van der Waals surface area contributed by atoms with Crippen LogP contribution in [0.15, 0.2) is 68.2 Å². The zero-order chi connectivity index (χ0) is 48.3. The first-order valence-corrected chi connectivity index (χ1v) is 19.0. The topological polar surface area (TPSA) is 241 Å². The highest BCUT2D eigenvalue weighted by Crippen LogP contribution is 2.29. The Kier molecular flexibility index (Phi) is 15.7.